The van der Waals surface area contributed by atoms with Crippen molar-refractivity contribution in [3.63, 3.8) is 0 Å². The van der Waals surface area contributed by atoms with E-state index < -0.39 is 212 Å². The highest BCUT2D eigenvalue weighted by molar-refractivity contribution is 7.93. The number of anilines is 1. The Bertz CT molecular complexity index is 3940. The molecule has 87 heavy (non-hydrogen) atoms. The van der Waals surface area contributed by atoms with Gasteiger partial charge in [-0.15, -0.1) is 0 Å². The molecule has 37 heteroatoms. The van der Waals surface area contributed by atoms with Crippen molar-refractivity contribution in [1.29, 1.82) is 0 Å². The number of sulfone groups is 1. The van der Waals surface area contributed by atoms with Crippen LogP contribution in [0.25, 0.3) is 22.0 Å². The number of phosphoric acid groups is 1. The zero-order valence-electron chi connectivity index (χ0n) is 45.5. The molecule has 1 aliphatic heterocycles. The van der Waals surface area contributed by atoms with Crippen molar-refractivity contribution in [2.45, 2.75) is 100 Å². The fourth-order valence-corrected chi connectivity index (χ4v) is 11.7. The zero-order chi connectivity index (χ0) is 64.5. The number of hydrogen-bond acceptors (Lipinski definition) is 14. The van der Waals surface area contributed by atoms with E-state index in [0.29, 0.717) is 17.2 Å². The number of carbonyl (C=O) groups is 4. The molecule has 2 aromatic carbocycles. The van der Waals surface area contributed by atoms with Gasteiger partial charge in [-0.05, 0) is 87.3 Å². The molecule has 0 spiro atoms. The van der Waals surface area contributed by atoms with Crippen molar-refractivity contribution in [2.24, 2.45) is 5.92 Å². The molecule has 4 N–H and O–H groups in total. The Morgan fingerprint density at radius 2 is 1.62 bits per heavy atom. The number of halogens is 11. The van der Waals surface area contributed by atoms with Crippen LogP contribution >= 0.6 is 19.4 Å². The van der Waals surface area contributed by atoms with Crippen LogP contribution in [-0.4, -0.2) is 146 Å². The van der Waals surface area contributed by atoms with E-state index in [1.54, 1.807) is 0 Å². The van der Waals surface area contributed by atoms with Gasteiger partial charge in [0.05, 0.1) is 46.4 Å². The zero-order valence-corrected chi connectivity index (χ0v) is 48.7. The molecule has 1 saturated carbocycles. The normalized spacial score (nSPS) is 17.9. The monoisotopic (exact) mass is 1320 g/mol. The van der Waals surface area contributed by atoms with E-state index in [2.05, 4.69) is 36.9 Å². The Kier molecular flexibility index (Phi) is 18.0. The summed E-state index contributed by atoms with van der Waals surface area (Å²) in [5.74, 6) is -7.97. The Balaban J connectivity index is 1.30. The maximum Gasteiger partial charge on any atom is 0.472 e. The Labute approximate surface area is 491 Å². The third-order valence-corrected chi connectivity index (χ3v) is 18.0. The number of hydrogen-bond donors (Lipinski definition) is 4. The van der Waals surface area contributed by atoms with Crippen LogP contribution in [0.2, 0.25) is 5.02 Å². The number of alkyl halides is 8. The van der Waals surface area contributed by atoms with Gasteiger partial charge in [0.2, 0.25) is 22.7 Å². The summed E-state index contributed by atoms with van der Waals surface area (Å²) in [6.45, 7) is -4.04. The highest BCUT2D eigenvalue weighted by Gasteiger charge is 2.68. The van der Waals surface area contributed by atoms with Crippen molar-refractivity contribution in [3.05, 3.63) is 93.0 Å². The van der Waals surface area contributed by atoms with Crippen LogP contribution in [0.1, 0.15) is 85.4 Å². The number of nitrogens with zero attached hydrogens (tertiary/aromatic N) is 8. The molecule has 4 amide bonds. The first kappa shape index (κ1) is 65.9. The molecule has 4 atom stereocenters. The van der Waals surface area contributed by atoms with E-state index in [1.807, 2.05) is 0 Å². The van der Waals surface area contributed by atoms with Gasteiger partial charge in [0.25, 0.3) is 5.92 Å². The van der Waals surface area contributed by atoms with Gasteiger partial charge in [-0.25, -0.2) is 49.3 Å². The van der Waals surface area contributed by atoms with Gasteiger partial charge in [0.15, 0.2) is 21.3 Å². The third-order valence-electron chi connectivity index (χ3n) is 14.3. The second-order valence-corrected chi connectivity index (χ2v) is 27.1. The molecule has 0 unspecified atom stereocenters. The third kappa shape index (κ3) is 14.6. The number of carbonyl (C=O) groups excluding carboxylic acids is 3. The first-order valence-corrected chi connectivity index (χ1v) is 31.2. The smallest absolute Gasteiger partial charge is 0.472 e. The summed E-state index contributed by atoms with van der Waals surface area (Å²) in [6.07, 6.45) is -12.5. The maximum atomic E-state index is 15.7. The number of amides is 4. The number of phosphoric ester groups is 1. The van der Waals surface area contributed by atoms with Crippen molar-refractivity contribution < 1.29 is 109 Å². The second-order valence-electron chi connectivity index (χ2n) is 21.1. The predicted molar refractivity (Wildman–Crippen MR) is 283 cm³/mol. The molecule has 23 nitrogen and oxygen atoms in total. The lowest BCUT2D eigenvalue weighted by Gasteiger charge is -2.32. The molecule has 2 fully saturated rings. The van der Waals surface area contributed by atoms with Gasteiger partial charge in [-0.3, -0.25) is 19.0 Å². The Morgan fingerprint density at radius 1 is 0.966 bits per heavy atom. The average Bonchev–Trinajstić information content (AvgIpc) is 1.52. The van der Waals surface area contributed by atoms with Crippen LogP contribution in [0.5, 0.6) is 0 Å². The quantitative estimate of drug-likeness (QED) is 0.0267. The second kappa shape index (κ2) is 23.8. The van der Waals surface area contributed by atoms with Crippen molar-refractivity contribution in [1.82, 2.24) is 39.7 Å². The molecular formula is C50H49ClF10N9O14PS2. The lowest BCUT2D eigenvalue weighted by molar-refractivity contribution is -0.143. The SMILES string of the molecule is CC(C)(C#Cc1ccc(-c2ccc(Cl)c3c(N(C(=O)N4CCC[C@H]4CN(CCC(=O)O)C(=O)OCOP(=O)(O)O)S(C)(=O)=O)nn(CC(F)(F)F)c23)c([C@H](Cc2cc(F)cc(F)c2)NC(=O)Cn2nc(C(F)(F)F)c3c2C(F)(F)[C@@H]2C[C@H]32)n1)S(C)(=O)=O. The summed E-state index contributed by atoms with van der Waals surface area (Å²) in [6, 6.07) is 1.53. The Morgan fingerprint density at radius 3 is 2.22 bits per heavy atom. The minimum Gasteiger partial charge on any atom is -0.481 e. The average molecular weight is 1320 g/mol. The van der Waals surface area contributed by atoms with Crippen LogP contribution < -0.4 is 9.62 Å². The molecule has 0 radical (unpaired) electrons. The van der Waals surface area contributed by atoms with Crippen molar-refractivity contribution in [3.8, 4) is 23.0 Å². The molecule has 8 rings (SSSR count). The number of sulfonamides is 1. The summed E-state index contributed by atoms with van der Waals surface area (Å²) in [7, 11) is -14.3. The lowest BCUT2D eigenvalue weighted by atomic mass is 9.93. The standard InChI is InChI=1S/C50H49ClF10N9O14PS2/c1-47(2,86(3,79)80)13-11-28-7-8-30(40(62-28)35(18-25-16-26(52)19-27(53)17-25)63-36(71)22-68-43-38(42(64-68)50(59,60)61)32-20-33(32)49(43,57)58)31-9-10-34(51)39-41(31)69(23-48(54,55)56)65-44(39)70(87(4,81)82)45(74)67-14-5-6-29(67)21-66(15-12-37(72)73)46(75)83-24-84-85(76,77)78/h7-10,16-17,19,29,32-33,35H,5-6,12,14-15,18,20-24H2,1-4H3,(H,63,71)(H,72,73)(H2,76,77,78)/t29-,32-,33+,35-/m0/s1. The van der Waals surface area contributed by atoms with Gasteiger partial charge in [-0.2, -0.15) is 49.6 Å². The van der Waals surface area contributed by atoms with Gasteiger partial charge in [0, 0.05) is 54.6 Å². The van der Waals surface area contributed by atoms with Gasteiger partial charge in [0.1, 0.15) is 40.9 Å². The molecule has 5 aromatic rings. The number of likely N-dealkylation sites (tertiary alicyclic amines) is 1. The molecular weight excluding hydrogens is 1270 g/mol. The van der Waals surface area contributed by atoms with Crippen molar-refractivity contribution in [2.75, 3.05) is 43.2 Å². The minimum absolute atomic E-state index is 0.0178. The molecule has 3 aromatic heterocycles. The first-order chi connectivity index (χ1) is 40.1. The van der Waals surface area contributed by atoms with E-state index in [-0.39, 0.29) is 50.7 Å². The number of urea groups is 1. The number of carboxylic acid groups (broad SMARTS) is 1. The number of aliphatic carboxylic acids is 1. The number of ether oxygens (including phenoxy) is 1. The number of rotatable bonds is 19. The highest BCUT2D eigenvalue weighted by Crippen LogP contribution is 2.68. The number of fused-ring (bicyclic) bond motifs is 4. The fraction of sp³-hybridized carbons (Fsp3) is 0.460. The van der Waals surface area contributed by atoms with E-state index in [0.717, 1.165) is 47.6 Å². The molecule has 0 bridgehead atoms. The minimum atomic E-state index is -5.28. The summed E-state index contributed by atoms with van der Waals surface area (Å²) in [4.78, 5) is 78.0. The Hall–Kier alpha value is -7.09. The molecule has 4 heterocycles. The van der Waals surface area contributed by atoms with Crippen LogP contribution in [0.3, 0.4) is 0 Å². The van der Waals surface area contributed by atoms with Gasteiger partial charge in [-0.1, -0.05) is 23.6 Å². The summed E-state index contributed by atoms with van der Waals surface area (Å²) in [5.41, 5.74) is -6.55. The maximum absolute atomic E-state index is 15.7. The van der Waals surface area contributed by atoms with Gasteiger partial charge < -0.3 is 34.7 Å². The van der Waals surface area contributed by atoms with Crippen molar-refractivity contribution >= 4 is 80.0 Å². The van der Waals surface area contributed by atoms with Gasteiger partial charge >= 0.3 is 38.3 Å². The number of pyridine rings is 1. The van der Waals surface area contributed by atoms with E-state index in [4.69, 9.17) is 26.1 Å². The van der Waals surface area contributed by atoms with E-state index >= 15 is 8.78 Å². The van der Waals surface area contributed by atoms with E-state index in [9.17, 15) is 80.8 Å². The fourth-order valence-electron chi connectivity index (χ4n) is 10.2. The van der Waals surface area contributed by atoms with E-state index in [1.165, 1.54) is 13.8 Å². The number of benzene rings is 2. The summed E-state index contributed by atoms with van der Waals surface area (Å²) >= 11 is 6.77. The van der Waals surface area contributed by atoms with Crippen LogP contribution in [-0.2, 0) is 74.9 Å². The predicted octanol–water partition coefficient (Wildman–Crippen LogP) is 7.62. The largest absolute Gasteiger partial charge is 0.481 e. The summed E-state index contributed by atoms with van der Waals surface area (Å²) < 4.78 is 221. The van der Waals surface area contributed by atoms with Crippen LogP contribution in [0.4, 0.5) is 59.3 Å². The summed E-state index contributed by atoms with van der Waals surface area (Å²) in [5, 5.41) is 17.9. The molecule has 472 valence electrons. The van der Waals surface area contributed by atoms with Crippen LogP contribution in [0.15, 0.2) is 42.5 Å². The highest BCUT2D eigenvalue weighted by atomic mass is 35.5. The lowest BCUT2D eigenvalue weighted by Crippen LogP contribution is -2.52. The molecule has 1 saturated heterocycles. The number of nitrogens with one attached hydrogen (secondary N) is 1. The number of aromatic nitrogens is 5. The molecule has 3 aliphatic rings. The molecule has 2 aliphatic carbocycles. The topological polar surface area (TPSA) is 303 Å². The van der Waals surface area contributed by atoms with Crippen LogP contribution in [0, 0.1) is 29.4 Å². The number of carboxylic acids is 1. The first-order valence-electron chi connectivity index (χ1n) is 25.5.